The molecule has 3 N–H and O–H groups in total. The highest BCUT2D eigenvalue weighted by molar-refractivity contribution is 5.81. The fraction of sp³-hybridized carbons (Fsp3) is 0.471. The van der Waals surface area contributed by atoms with Crippen LogP contribution in [0, 0.1) is 12.8 Å². The molecule has 7 heteroatoms. The Balaban J connectivity index is 2.17. The van der Waals surface area contributed by atoms with E-state index in [1.165, 1.54) is 0 Å². The van der Waals surface area contributed by atoms with Gasteiger partial charge in [-0.25, -0.2) is 9.78 Å². The Morgan fingerprint density at radius 2 is 2.21 bits per heavy atom. The Morgan fingerprint density at radius 1 is 1.50 bits per heavy atom. The number of nitrogens with two attached hydrogens (primary N) is 1. The standard InChI is InChI=1S/C17H21N3O4/c1-9-4-3-5-13-14(9)16(22)20(12-6-11(7-12)8-21)15(19-13)10(2)24-17(18)23/h3-5,10-12,21H,6-8H2,1-2H3,(H2,18,23)/t10-,11?,12?/m0/s1. The molecule has 1 heterocycles. The maximum absolute atomic E-state index is 13.1. The number of carbonyl (C=O) groups excluding carboxylic acids is 1. The lowest BCUT2D eigenvalue weighted by Crippen LogP contribution is -2.39. The van der Waals surface area contributed by atoms with E-state index < -0.39 is 12.2 Å². The number of benzene rings is 1. The number of amides is 1. The van der Waals surface area contributed by atoms with E-state index in [0.717, 1.165) is 5.56 Å². The molecule has 1 saturated carbocycles. The van der Waals surface area contributed by atoms with Crippen LogP contribution < -0.4 is 11.3 Å². The maximum atomic E-state index is 13.1. The van der Waals surface area contributed by atoms with Crippen molar-refractivity contribution in [2.45, 2.75) is 38.8 Å². The van der Waals surface area contributed by atoms with Crippen LogP contribution in [0.3, 0.4) is 0 Å². The van der Waals surface area contributed by atoms with Gasteiger partial charge in [-0.1, -0.05) is 12.1 Å². The van der Waals surface area contributed by atoms with Crippen molar-refractivity contribution in [2.75, 3.05) is 6.61 Å². The van der Waals surface area contributed by atoms with Crippen LogP contribution in [0.1, 0.15) is 43.3 Å². The van der Waals surface area contributed by atoms with E-state index in [0.29, 0.717) is 29.6 Å². The number of primary amides is 1. The van der Waals surface area contributed by atoms with Crippen molar-refractivity contribution in [1.29, 1.82) is 0 Å². The molecular formula is C17H21N3O4. The zero-order valence-corrected chi connectivity index (χ0v) is 13.7. The van der Waals surface area contributed by atoms with E-state index in [1.54, 1.807) is 17.6 Å². The van der Waals surface area contributed by atoms with Crippen LogP contribution in [0.2, 0.25) is 0 Å². The van der Waals surface area contributed by atoms with Gasteiger partial charge < -0.3 is 15.6 Å². The zero-order valence-electron chi connectivity index (χ0n) is 13.7. The molecule has 1 aromatic heterocycles. The number of fused-ring (bicyclic) bond motifs is 1. The summed E-state index contributed by atoms with van der Waals surface area (Å²) in [5.74, 6) is 0.577. The van der Waals surface area contributed by atoms with E-state index in [9.17, 15) is 14.7 Å². The van der Waals surface area contributed by atoms with Gasteiger partial charge in [0.1, 0.15) is 0 Å². The van der Waals surface area contributed by atoms with Crippen LogP contribution >= 0.6 is 0 Å². The minimum Gasteiger partial charge on any atom is -0.439 e. The highest BCUT2D eigenvalue weighted by Crippen LogP contribution is 2.38. The number of carbonyl (C=O) groups is 1. The van der Waals surface area contributed by atoms with Gasteiger partial charge >= 0.3 is 6.09 Å². The van der Waals surface area contributed by atoms with Gasteiger partial charge in [0.25, 0.3) is 5.56 Å². The highest BCUT2D eigenvalue weighted by atomic mass is 16.6. The molecular weight excluding hydrogens is 310 g/mol. The Hall–Kier alpha value is -2.41. The minimum atomic E-state index is -0.908. The van der Waals surface area contributed by atoms with Crippen molar-refractivity contribution < 1.29 is 14.6 Å². The van der Waals surface area contributed by atoms with Crippen LogP contribution in [0.4, 0.5) is 4.79 Å². The Bertz CT molecular complexity index is 840. The summed E-state index contributed by atoms with van der Waals surface area (Å²) >= 11 is 0. The zero-order chi connectivity index (χ0) is 17.4. The number of aliphatic hydroxyl groups excluding tert-OH is 1. The number of hydrogen-bond donors (Lipinski definition) is 2. The molecule has 0 spiro atoms. The van der Waals surface area contributed by atoms with E-state index in [2.05, 4.69) is 4.98 Å². The average Bonchev–Trinajstić information content (AvgIpc) is 2.47. The summed E-state index contributed by atoms with van der Waals surface area (Å²) in [7, 11) is 0. The van der Waals surface area contributed by atoms with E-state index in [4.69, 9.17) is 10.5 Å². The molecule has 0 bridgehead atoms. The minimum absolute atomic E-state index is 0.0555. The van der Waals surface area contributed by atoms with Crippen LogP contribution in [0.25, 0.3) is 10.9 Å². The van der Waals surface area contributed by atoms with Gasteiger partial charge in [0, 0.05) is 12.6 Å². The maximum Gasteiger partial charge on any atom is 0.405 e. The van der Waals surface area contributed by atoms with Crippen molar-refractivity contribution in [2.24, 2.45) is 11.7 Å². The average molecular weight is 331 g/mol. The number of rotatable bonds is 4. The smallest absolute Gasteiger partial charge is 0.405 e. The Morgan fingerprint density at radius 3 is 2.83 bits per heavy atom. The fourth-order valence-corrected chi connectivity index (χ4v) is 3.35. The van der Waals surface area contributed by atoms with E-state index >= 15 is 0 Å². The third-order valence-corrected chi connectivity index (χ3v) is 4.66. The lowest BCUT2D eigenvalue weighted by molar-refractivity contribution is 0.0869. The summed E-state index contributed by atoms with van der Waals surface area (Å²) in [5, 5.41) is 9.81. The van der Waals surface area contributed by atoms with Crippen molar-refractivity contribution in [3.63, 3.8) is 0 Å². The number of nitrogens with zero attached hydrogens (tertiary/aromatic N) is 2. The molecule has 1 fully saturated rings. The predicted molar refractivity (Wildman–Crippen MR) is 88.7 cm³/mol. The van der Waals surface area contributed by atoms with Crippen molar-refractivity contribution >= 4 is 17.0 Å². The first kappa shape index (κ1) is 16.4. The first-order valence-electron chi connectivity index (χ1n) is 8.01. The number of hydrogen-bond acceptors (Lipinski definition) is 5. The van der Waals surface area contributed by atoms with Gasteiger partial charge in [-0.2, -0.15) is 0 Å². The molecule has 7 nitrogen and oxygen atoms in total. The van der Waals surface area contributed by atoms with Gasteiger partial charge in [0.2, 0.25) is 0 Å². The fourth-order valence-electron chi connectivity index (χ4n) is 3.35. The van der Waals surface area contributed by atoms with Crippen molar-refractivity contribution in [1.82, 2.24) is 9.55 Å². The monoisotopic (exact) mass is 331 g/mol. The van der Waals surface area contributed by atoms with Crippen molar-refractivity contribution in [3.8, 4) is 0 Å². The molecule has 1 aliphatic rings. The quantitative estimate of drug-likeness (QED) is 0.888. The number of aliphatic hydroxyl groups is 1. The summed E-state index contributed by atoms with van der Waals surface area (Å²) in [6.45, 7) is 3.62. The van der Waals surface area contributed by atoms with Crippen molar-refractivity contribution in [3.05, 3.63) is 39.9 Å². The van der Waals surface area contributed by atoms with Crippen LogP contribution in [0.15, 0.2) is 23.0 Å². The summed E-state index contributed by atoms with van der Waals surface area (Å²) in [4.78, 5) is 28.8. The first-order chi connectivity index (χ1) is 11.4. The normalized spacial score (nSPS) is 21.3. The van der Waals surface area contributed by atoms with Crippen LogP contribution in [-0.2, 0) is 4.74 Å². The van der Waals surface area contributed by atoms with Gasteiger partial charge in [-0.3, -0.25) is 9.36 Å². The van der Waals surface area contributed by atoms with E-state index in [-0.39, 0.29) is 24.1 Å². The van der Waals surface area contributed by atoms with Gasteiger partial charge in [0.15, 0.2) is 11.9 Å². The number of aryl methyl sites for hydroxylation is 1. The molecule has 3 rings (SSSR count). The predicted octanol–water partition coefficient (Wildman–Crippen LogP) is 1.80. The Kier molecular flexibility index (Phi) is 4.28. The Labute approximate surface area is 139 Å². The largest absolute Gasteiger partial charge is 0.439 e. The SMILES string of the molecule is Cc1cccc2nc([C@H](C)OC(N)=O)n(C3CC(CO)C3)c(=O)c12. The third kappa shape index (κ3) is 2.75. The molecule has 1 amide bonds. The van der Waals surface area contributed by atoms with Gasteiger partial charge in [-0.05, 0) is 44.2 Å². The molecule has 0 radical (unpaired) electrons. The molecule has 0 unspecified atom stereocenters. The molecule has 128 valence electrons. The second-order valence-electron chi connectivity index (χ2n) is 6.37. The molecule has 2 aromatic rings. The molecule has 1 aliphatic carbocycles. The van der Waals surface area contributed by atoms with Crippen LogP contribution in [-0.4, -0.2) is 27.4 Å². The summed E-state index contributed by atoms with van der Waals surface area (Å²) < 4.78 is 6.66. The second kappa shape index (κ2) is 6.24. The first-order valence-corrected chi connectivity index (χ1v) is 8.01. The van der Waals surface area contributed by atoms with Gasteiger partial charge in [0.05, 0.1) is 10.9 Å². The molecule has 0 saturated heterocycles. The third-order valence-electron chi connectivity index (χ3n) is 4.66. The number of aromatic nitrogens is 2. The summed E-state index contributed by atoms with van der Waals surface area (Å²) in [6.07, 6.45) is -0.236. The summed E-state index contributed by atoms with van der Waals surface area (Å²) in [5.41, 5.74) is 6.40. The number of ether oxygens (including phenoxy) is 1. The molecule has 24 heavy (non-hydrogen) atoms. The molecule has 1 atom stereocenters. The summed E-state index contributed by atoms with van der Waals surface area (Å²) in [6, 6.07) is 5.42. The van der Waals surface area contributed by atoms with Crippen LogP contribution in [0.5, 0.6) is 0 Å². The topological polar surface area (TPSA) is 107 Å². The van der Waals surface area contributed by atoms with E-state index in [1.807, 2.05) is 19.1 Å². The second-order valence-corrected chi connectivity index (χ2v) is 6.37. The van der Waals surface area contributed by atoms with Gasteiger partial charge in [-0.15, -0.1) is 0 Å². The highest BCUT2D eigenvalue weighted by Gasteiger charge is 2.34. The lowest BCUT2D eigenvalue weighted by Gasteiger charge is -2.37. The molecule has 1 aromatic carbocycles. The lowest BCUT2D eigenvalue weighted by atomic mass is 9.80. The molecule has 0 aliphatic heterocycles.